The van der Waals surface area contributed by atoms with E-state index in [1.54, 1.807) is 40.9 Å². The van der Waals surface area contributed by atoms with E-state index in [0.29, 0.717) is 63.4 Å². The second-order valence-corrected chi connectivity index (χ2v) is 26.0. The number of carbonyl (C=O) groups is 9. The molecule has 1 saturated carbocycles. The number of amides is 1. The molecule has 4 rings (SSSR count). The Morgan fingerprint density at radius 3 is 2.04 bits per heavy atom. The lowest BCUT2D eigenvalue weighted by molar-refractivity contribution is -0.265. The molecular formula is C62H90I3NO19. The van der Waals surface area contributed by atoms with Crippen LogP contribution in [0, 0.1) is 40.9 Å². The number of ketones is 3. The highest BCUT2D eigenvalue weighted by atomic mass is 127. The normalized spacial score (nSPS) is 33.6. The largest absolute Gasteiger partial charge is 0.464 e. The molecule has 20 nitrogen and oxygen atoms in total. The lowest BCUT2D eigenvalue weighted by atomic mass is 9.78. The number of halogens is 3. The number of hydrogen-bond acceptors (Lipinski definition) is 19. The van der Waals surface area contributed by atoms with Gasteiger partial charge in [-0.2, -0.15) is 0 Å². The molecule has 2 bridgehead atoms. The van der Waals surface area contributed by atoms with Crippen LogP contribution in [0.25, 0.3) is 0 Å². The first-order chi connectivity index (χ1) is 40.2. The molecule has 0 radical (unpaired) electrons. The SMILES string of the molecule is CO[C@H]1C[C@@H]2CC[C@@H](C)[C@@](O)(O2)C(=O)C(=O)N2CCCC[C@H]2C(=O)OC([C@H](C)C[C@@H]2CC[C@@H](OC(=O)C(C)(COC(=O)CI)COC(=O)CI)[C@H](OC)C2)CC(=O)[C@H](C)/C=C(\C)[C@@H](OC(=O)CI)[C@@H](OC)C(=O)[C@H](C)C[C@@H](C)\C=C/C=C/C=C/1C. The summed E-state index contributed by atoms with van der Waals surface area (Å²) in [4.78, 5) is 125. The smallest absolute Gasteiger partial charge is 0.329 e. The van der Waals surface area contributed by atoms with Crippen LogP contribution in [0.4, 0.5) is 0 Å². The monoisotopic (exact) mass is 1530 g/mol. The minimum atomic E-state index is -2.50. The summed E-state index contributed by atoms with van der Waals surface area (Å²) in [5, 5.41) is 12.1. The molecule has 478 valence electrons. The second-order valence-electron chi connectivity index (χ2n) is 23.7. The summed E-state index contributed by atoms with van der Waals surface area (Å²) in [5.41, 5.74) is -0.287. The molecule has 1 N–H and O–H groups in total. The lowest BCUT2D eigenvalue weighted by Crippen LogP contribution is -2.61. The van der Waals surface area contributed by atoms with E-state index in [1.165, 1.54) is 21.1 Å². The van der Waals surface area contributed by atoms with Crippen molar-refractivity contribution in [3.05, 3.63) is 47.6 Å². The van der Waals surface area contributed by atoms with Gasteiger partial charge in [0.25, 0.3) is 11.7 Å². The maximum Gasteiger partial charge on any atom is 0.329 e. The van der Waals surface area contributed by atoms with Crippen LogP contribution in [0.5, 0.6) is 0 Å². The predicted molar refractivity (Wildman–Crippen MR) is 340 cm³/mol. The molecule has 23 heteroatoms. The molecule has 1 amide bonds. The third-order valence-electron chi connectivity index (χ3n) is 16.9. The predicted octanol–water partition coefficient (Wildman–Crippen LogP) is 8.68. The number of Topliss-reactive ketones (excluding diaryl/α,β-unsaturated/α-hetero) is 3. The van der Waals surface area contributed by atoms with Crippen molar-refractivity contribution in [2.75, 3.05) is 54.4 Å². The Hall–Kier alpha value is -3.22. The maximum atomic E-state index is 14.8. The minimum Gasteiger partial charge on any atom is -0.464 e. The van der Waals surface area contributed by atoms with Gasteiger partial charge in [0.15, 0.2) is 18.0 Å². The summed E-state index contributed by atoms with van der Waals surface area (Å²) in [6.07, 6.45) is 9.14. The number of esters is 5. The number of allylic oxidation sites excluding steroid dienone is 6. The molecule has 0 aromatic heterocycles. The number of hydrogen-bond donors (Lipinski definition) is 1. The molecule has 4 aliphatic rings. The van der Waals surface area contributed by atoms with E-state index in [0.717, 1.165) is 10.5 Å². The topological polar surface area (TPSA) is 260 Å². The molecule has 2 saturated heterocycles. The third-order valence-corrected chi connectivity index (χ3v) is 18.7. The highest BCUT2D eigenvalue weighted by Gasteiger charge is 2.53. The van der Waals surface area contributed by atoms with E-state index in [4.69, 9.17) is 42.6 Å². The van der Waals surface area contributed by atoms with Crippen LogP contribution in [0.2, 0.25) is 0 Å². The van der Waals surface area contributed by atoms with Crippen LogP contribution in [-0.2, 0) is 85.8 Å². The van der Waals surface area contributed by atoms with Crippen LogP contribution in [0.3, 0.4) is 0 Å². The average Bonchev–Trinajstić information content (AvgIpc) is 3.19. The van der Waals surface area contributed by atoms with Gasteiger partial charge in [-0.3, -0.25) is 38.4 Å². The van der Waals surface area contributed by atoms with Gasteiger partial charge < -0.3 is 52.6 Å². The Bertz CT molecular complexity index is 2430. The molecule has 1 aliphatic carbocycles. The highest BCUT2D eigenvalue weighted by molar-refractivity contribution is 14.1. The van der Waals surface area contributed by atoms with Gasteiger partial charge >= 0.3 is 29.8 Å². The maximum absolute atomic E-state index is 14.8. The van der Waals surface area contributed by atoms with Gasteiger partial charge in [0, 0.05) is 58.5 Å². The van der Waals surface area contributed by atoms with Crippen LogP contribution < -0.4 is 0 Å². The summed E-state index contributed by atoms with van der Waals surface area (Å²) >= 11 is 5.56. The third kappa shape index (κ3) is 21.5. The molecule has 85 heavy (non-hydrogen) atoms. The number of nitrogens with zero attached hydrogens (tertiary/aromatic N) is 1. The molecule has 3 aliphatic heterocycles. The molecule has 1 unspecified atom stereocenters. The van der Waals surface area contributed by atoms with E-state index >= 15 is 0 Å². The van der Waals surface area contributed by atoms with Crippen LogP contribution in [0.1, 0.15) is 132 Å². The van der Waals surface area contributed by atoms with Gasteiger partial charge in [-0.1, -0.05) is 139 Å². The van der Waals surface area contributed by atoms with Crippen molar-refractivity contribution < 1.29 is 90.9 Å². The second kappa shape index (κ2) is 35.8. The number of piperidine rings is 1. The molecule has 15 atom stereocenters. The standard InChI is InChI=1S/C62H90I3NO19/c1-36-17-13-12-14-18-37(2)48(77-9)29-44-22-20-42(7)62(76,85-44)57(72)58(73)66-24-16-15-19-45(66)59(74)82-49(30-46(67)38(3)26-41(6)55(84-53(70)33-65)56(79-11)54(71)40(5)25-36)39(4)27-43-21-23-47(50(28-43)78-10)83-60(75)61(8,34-80-51(68)31-63)35-81-52(69)32-64/h12-14,17-18,26,36,38-40,42-45,47-50,55-56,76H,15-16,19-25,27-35H2,1-11H3/b14-12+,17-13-,37-18+,41-26+/t36-,38+,39+,40+,42+,43-,44-,45-,47+,48-,49?,50+,55+,56-,62+/m0/s1. The van der Waals surface area contributed by atoms with Crippen molar-refractivity contribution in [3.63, 3.8) is 0 Å². The Morgan fingerprint density at radius 2 is 1.42 bits per heavy atom. The average molecular weight is 1530 g/mol. The minimum absolute atomic E-state index is 0.0153. The molecule has 3 fully saturated rings. The van der Waals surface area contributed by atoms with Gasteiger partial charge in [0.1, 0.15) is 42.7 Å². The van der Waals surface area contributed by atoms with E-state index in [9.17, 15) is 48.3 Å². The first kappa shape index (κ1) is 74.2. The number of fused-ring (bicyclic) bond motifs is 3. The summed E-state index contributed by atoms with van der Waals surface area (Å²) in [6, 6.07) is -1.25. The number of ether oxygens (including phenoxy) is 9. The summed E-state index contributed by atoms with van der Waals surface area (Å²) < 4.78 is 52.9. The number of carbonyl (C=O) groups excluding carboxylic acids is 9. The molecule has 0 aromatic rings. The molecular weight excluding hydrogens is 1440 g/mol. The van der Waals surface area contributed by atoms with Crippen LogP contribution >= 0.6 is 67.8 Å². The Balaban J connectivity index is 1.74. The Morgan fingerprint density at radius 1 is 0.765 bits per heavy atom. The zero-order valence-electron chi connectivity index (χ0n) is 51.2. The van der Waals surface area contributed by atoms with Gasteiger partial charge in [0.2, 0.25) is 5.79 Å². The van der Waals surface area contributed by atoms with Crippen molar-refractivity contribution in [1.82, 2.24) is 4.90 Å². The molecule has 0 aromatic carbocycles. The summed E-state index contributed by atoms with van der Waals surface area (Å²) in [7, 11) is 4.42. The van der Waals surface area contributed by atoms with Crippen molar-refractivity contribution in [2.24, 2.45) is 40.9 Å². The number of rotatable bonds is 16. The van der Waals surface area contributed by atoms with E-state index < -0.39 is 125 Å². The number of methoxy groups -OCH3 is 3. The van der Waals surface area contributed by atoms with Crippen LogP contribution in [0.15, 0.2) is 47.6 Å². The van der Waals surface area contributed by atoms with E-state index in [-0.39, 0.29) is 75.7 Å². The van der Waals surface area contributed by atoms with Gasteiger partial charge in [-0.15, -0.1) is 0 Å². The lowest BCUT2D eigenvalue weighted by Gasteiger charge is -2.42. The van der Waals surface area contributed by atoms with Crippen LogP contribution in [-0.4, -0.2) is 172 Å². The van der Waals surface area contributed by atoms with E-state index in [2.05, 4.69) is 0 Å². The van der Waals surface area contributed by atoms with Gasteiger partial charge in [-0.05, 0) is 114 Å². The Labute approximate surface area is 542 Å². The molecule has 3 heterocycles. The quantitative estimate of drug-likeness (QED) is 0.0378. The molecule has 0 spiro atoms. The van der Waals surface area contributed by atoms with Crippen molar-refractivity contribution in [2.45, 2.75) is 187 Å². The zero-order chi connectivity index (χ0) is 63.3. The number of aliphatic hydroxyl groups is 1. The summed E-state index contributed by atoms with van der Waals surface area (Å²) in [6.45, 7) is 13.2. The fourth-order valence-corrected chi connectivity index (χ4v) is 12.2. The van der Waals surface area contributed by atoms with Crippen molar-refractivity contribution in [1.29, 1.82) is 0 Å². The first-order valence-electron chi connectivity index (χ1n) is 29.4. The van der Waals surface area contributed by atoms with Gasteiger partial charge in [-0.25, -0.2) is 4.79 Å². The van der Waals surface area contributed by atoms with Gasteiger partial charge in [0.05, 0.1) is 31.6 Å². The fraction of sp³-hybridized carbons (Fsp3) is 0.726. The first-order valence-corrected chi connectivity index (χ1v) is 34.0. The number of alkyl halides is 3. The van der Waals surface area contributed by atoms with Crippen molar-refractivity contribution in [3.8, 4) is 0 Å². The van der Waals surface area contributed by atoms with E-state index in [1.807, 2.05) is 119 Å². The number of cyclic esters (lactones) is 1. The Kier molecular flexibility index (Phi) is 31.3. The van der Waals surface area contributed by atoms with Crippen molar-refractivity contribution >= 4 is 121 Å². The zero-order valence-corrected chi connectivity index (χ0v) is 57.6. The summed E-state index contributed by atoms with van der Waals surface area (Å²) in [5.74, 6) is -11.6. The fourth-order valence-electron chi connectivity index (χ4n) is 11.5. The highest BCUT2D eigenvalue weighted by Crippen LogP contribution is 2.39.